The van der Waals surface area contributed by atoms with Gasteiger partial charge in [0, 0.05) is 9.99 Å². The van der Waals surface area contributed by atoms with Crippen molar-refractivity contribution in [3.05, 3.63) is 69.0 Å². The molecule has 0 bridgehead atoms. The minimum absolute atomic E-state index is 0.00653. The summed E-state index contributed by atoms with van der Waals surface area (Å²) in [6.07, 6.45) is 0.316. The Labute approximate surface area is 147 Å². The second kappa shape index (κ2) is 8.05. The van der Waals surface area contributed by atoms with E-state index < -0.39 is 17.8 Å². The van der Waals surface area contributed by atoms with Crippen LogP contribution in [0.5, 0.6) is 0 Å². The molecule has 0 fully saturated rings. The van der Waals surface area contributed by atoms with E-state index in [0.29, 0.717) is 12.0 Å². The summed E-state index contributed by atoms with van der Waals surface area (Å²) in [6.45, 7) is 0. The van der Waals surface area contributed by atoms with Gasteiger partial charge < -0.3 is 11.1 Å². The molecule has 0 spiro atoms. The smallest absolute Gasteiger partial charge is 0.240 e. The van der Waals surface area contributed by atoms with Crippen LogP contribution in [0, 0.1) is 9.39 Å². The van der Waals surface area contributed by atoms with Crippen LogP contribution in [-0.4, -0.2) is 17.9 Å². The van der Waals surface area contributed by atoms with E-state index >= 15 is 0 Å². The van der Waals surface area contributed by atoms with Crippen molar-refractivity contribution in [2.24, 2.45) is 5.73 Å². The van der Waals surface area contributed by atoms with Gasteiger partial charge in [-0.3, -0.25) is 9.59 Å². The Morgan fingerprint density at radius 3 is 2.57 bits per heavy atom. The van der Waals surface area contributed by atoms with Gasteiger partial charge in [-0.1, -0.05) is 30.3 Å². The monoisotopic (exact) mass is 426 g/mol. The fourth-order valence-corrected chi connectivity index (χ4v) is 2.79. The molecule has 0 heterocycles. The molecule has 2 rings (SSSR count). The fraction of sp³-hybridized carbons (Fsp3) is 0.176. The highest BCUT2D eigenvalue weighted by atomic mass is 127. The molecule has 23 heavy (non-hydrogen) atoms. The molecule has 0 saturated carbocycles. The lowest BCUT2D eigenvalue weighted by atomic mass is 10.0. The minimum Gasteiger partial charge on any atom is -0.368 e. The molecule has 3 N–H and O–H groups in total. The van der Waals surface area contributed by atoms with Crippen molar-refractivity contribution < 1.29 is 14.0 Å². The summed E-state index contributed by atoms with van der Waals surface area (Å²) in [5, 5.41) is 2.62. The van der Waals surface area contributed by atoms with Crippen molar-refractivity contribution in [3.8, 4) is 0 Å². The summed E-state index contributed by atoms with van der Waals surface area (Å²) < 4.78 is 14.1. The average molecular weight is 426 g/mol. The van der Waals surface area contributed by atoms with Gasteiger partial charge in [-0.15, -0.1) is 0 Å². The molecule has 2 aromatic rings. The molecular formula is C17H16FIN2O2. The number of rotatable bonds is 6. The first-order valence-electron chi connectivity index (χ1n) is 7.02. The zero-order valence-electron chi connectivity index (χ0n) is 12.3. The van der Waals surface area contributed by atoms with Gasteiger partial charge in [0.15, 0.2) is 0 Å². The molecule has 0 aliphatic rings. The van der Waals surface area contributed by atoms with Crippen LogP contribution in [-0.2, 0) is 22.4 Å². The van der Waals surface area contributed by atoms with Crippen molar-refractivity contribution in [2.75, 3.05) is 0 Å². The third kappa shape index (κ3) is 5.31. The lowest BCUT2D eigenvalue weighted by molar-refractivity contribution is -0.127. The van der Waals surface area contributed by atoms with Crippen LogP contribution in [0.25, 0.3) is 0 Å². The summed E-state index contributed by atoms with van der Waals surface area (Å²) in [6, 6.07) is 12.6. The topological polar surface area (TPSA) is 72.2 Å². The lowest BCUT2D eigenvalue weighted by Gasteiger charge is -2.16. The number of halogens is 2. The van der Waals surface area contributed by atoms with Crippen molar-refractivity contribution in [1.29, 1.82) is 0 Å². The highest BCUT2D eigenvalue weighted by Crippen LogP contribution is 2.13. The van der Waals surface area contributed by atoms with E-state index in [1.54, 1.807) is 6.07 Å². The van der Waals surface area contributed by atoms with Crippen LogP contribution in [0.1, 0.15) is 11.1 Å². The molecule has 0 radical (unpaired) electrons. The standard InChI is InChI=1S/C17H16FIN2O2/c18-13-6-3-4-11(8-13)9-16(22)21-15(17(20)23)10-12-5-1-2-7-14(12)19/h1-8,15H,9-10H2,(H2,20,23)(H,21,22)/t15-/m1/s1. The number of benzene rings is 2. The van der Waals surface area contributed by atoms with Gasteiger partial charge in [-0.05, 0) is 51.9 Å². The molecule has 0 aliphatic carbocycles. The molecule has 120 valence electrons. The van der Waals surface area contributed by atoms with Crippen LogP contribution >= 0.6 is 22.6 Å². The predicted octanol–water partition coefficient (Wildman–Crippen LogP) is 2.19. The van der Waals surface area contributed by atoms with Gasteiger partial charge in [0.25, 0.3) is 0 Å². The van der Waals surface area contributed by atoms with E-state index in [1.165, 1.54) is 18.2 Å². The summed E-state index contributed by atoms with van der Waals surface area (Å²) >= 11 is 2.17. The van der Waals surface area contributed by atoms with E-state index in [4.69, 9.17) is 5.73 Å². The van der Waals surface area contributed by atoms with Crippen LogP contribution in [0.3, 0.4) is 0 Å². The molecule has 0 unspecified atom stereocenters. The number of carbonyl (C=O) groups excluding carboxylic acids is 2. The molecule has 2 amide bonds. The Balaban J connectivity index is 2.03. The number of hydrogen-bond donors (Lipinski definition) is 2. The number of hydrogen-bond acceptors (Lipinski definition) is 2. The number of nitrogens with one attached hydrogen (secondary N) is 1. The van der Waals surface area contributed by atoms with Gasteiger partial charge in [0.1, 0.15) is 11.9 Å². The van der Waals surface area contributed by atoms with E-state index in [9.17, 15) is 14.0 Å². The van der Waals surface area contributed by atoms with Crippen LogP contribution in [0.15, 0.2) is 48.5 Å². The Morgan fingerprint density at radius 1 is 1.17 bits per heavy atom. The van der Waals surface area contributed by atoms with E-state index in [-0.39, 0.29) is 12.3 Å². The molecule has 6 heteroatoms. The van der Waals surface area contributed by atoms with Crippen molar-refractivity contribution >= 4 is 34.4 Å². The summed E-state index contributed by atoms with van der Waals surface area (Å²) in [5.41, 5.74) is 6.86. The van der Waals surface area contributed by atoms with Crippen molar-refractivity contribution in [3.63, 3.8) is 0 Å². The van der Waals surface area contributed by atoms with Gasteiger partial charge in [0.05, 0.1) is 6.42 Å². The van der Waals surface area contributed by atoms with Gasteiger partial charge in [0.2, 0.25) is 11.8 Å². The SMILES string of the molecule is NC(=O)[C@@H](Cc1ccccc1I)NC(=O)Cc1cccc(F)c1. The second-order valence-corrected chi connectivity index (χ2v) is 6.29. The van der Waals surface area contributed by atoms with Crippen LogP contribution in [0.4, 0.5) is 4.39 Å². The molecular weight excluding hydrogens is 410 g/mol. The Kier molecular flexibility index (Phi) is 6.09. The lowest BCUT2D eigenvalue weighted by Crippen LogP contribution is -2.46. The zero-order chi connectivity index (χ0) is 16.8. The molecule has 2 aromatic carbocycles. The second-order valence-electron chi connectivity index (χ2n) is 5.12. The molecule has 0 saturated heterocycles. The summed E-state index contributed by atoms with van der Waals surface area (Å²) in [7, 11) is 0. The van der Waals surface area contributed by atoms with Gasteiger partial charge >= 0.3 is 0 Å². The molecule has 0 aromatic heterocycles. The summed E-state index contributed by atoms with van der Waals surface area (Å²) in [5.74, 6) is -1.37. The van der Waals surface area contributed by atoms with Crippen molar-refractivity contribution in [2.45, 2.75) is 18.9 Å². The van der Waals surface area contributed by atoms with E-state index in [1.807, 2.05) is 24.3 Å². The fourth-order valence-electron chi connectivity index (χ4n) is 2.18. The van der Waals surface area contributed by atoms with Gasteiger partial charge in [-0.2, -0.15) is 0 Å². The first-order valence-corrected chi connectivity index (χ1v) is 8.10. The van der Waals surface area contributed by atoms with Gasteiger partial charge in [-0.25, -0.2) is 4.39 Å². The first-order chi connectivity index (χ1) is 11.0. The van der Waals surface area contributed by atoms with Crippen molar-refractivity contribution in [1.82, 2.24) is 5.32 Å². The number of nitrogens with two attached hydrogens (primary N) is 1. The average Bonchev–Trinajstić information content (AvgIpc) is 2.48. The van der Waals surface area contributed by atoms with Crippen LogP contribution < -0.4 is 11.1 Å². The Morgan fingerprint density at radius 2 is 1.91 bits per heavy atom. The van der Waals surface area contributed by atoms with E-state index in [2.05, 4.69) is 27.9 Å². The quantitative estimate of drug-likeness (QED) is 0.696. The number of primary amides is 1. The third-order valence-corrected chi connectivity index (χ3v) is 4.37. The predicted molar refractivity (Wildman–Crippen MR) is 94.1 cm³/mol. The Hall–Kier alpha value is -1.96. The zero-order valence-corrected chi connectivity index (χ0v) is 14.4. The molecule has 4 nitrogen and oxygen atoms in total. The number of carbonyl (C=O) groups is 2. The molecule has 0 aliphatic heterocycles. The Bertz CT molecular complexity index is 721. The highest BCUT2D eigenvalue weighted by molar-refractivity contribution is 14.1. The first kappa shape index (κ1) is 17.4. The normalized spacial score (nSPS) is 11.7. The maximum Gasteiger partial charge on any atom is 0.240 e. The van der Waals surface area contributed by atoms with E-state index in [0.717, 1.165) is 9.13 Å². The number of amides is 2. The van der Waals surface area contributed by atoms with Crippen LogP contribution in [0.2, 0.25) is 0 Å². The minimum atomic E-state index is -0.799. The molecule has 1 atom stereocenters. The summed E-state index contributed by atoms with van der Waals surface area (Å²) in [4.78, 5) is 23.7. The largest absolute Gasteiger partial charge is 0.368 e. The maximum absolute atomic E-state index is 13.1. The maximum atomic E-state index is 13.1. The third-order valence-electron chi connectivity index (χ3n) is 3.31. The highest BCUT2D eigenvalue weighted by Gasteiger charge is 2.19.